The number of aromatic nitrogens is 1. The fourth-order valence-corrected chi connectivity index (χ4v) is 3.20. The number of rotatable bonds is 1. The Morgan fingerprint density at radius 2 is 2.21 bits per heavy atom. The summed E-state index contributed by atoms with van der Waals surface area (Å²) in [5, 5.41) is 10.5. The zero-order valence-electron chi connectivity index (χ0n) is 8.79. The van der Waals surface area contributed by atoms with Gasteiger partial charge in [-0.15, -0.1) is 0 Å². The summed E-state index contributed by atoms with van der Waals surface area (Å²) < 4.78 is 4.07. The van der Waals surface area contributed by atoms with Gasteiger partial charge in [0.2, 0.25) is 0 Å². The molecule has 0 amide bonds. The van der Waals surface area contributed by atoms with Crippen LogP contribution < -0.4 is 0 Å². The number of nitrogens with zero attached hydrogens (tertiary/aromatic N) is 1. The van der Waals surface area contributed by atoms with E-state index < -0.39 is 5.60 Å². The van der Waals surface area contributed by atoms with Gasteiger partial charge in [0, 0.05) is 6.20 Å². The van der Waals surface area contributed by atoms with E-state index in [1.165, 1.54) is 18.0 Å². The Morgan fingerprint density at radius 3 is 2.79 bits per heavy atom. The Labute approximate surface area is 89.1 Å². The molecule has 0 aliphatic heterocycles. The smallest absolute Gasteiger partial charge is 0.101 e. The third-order valence-corrected chi connectivity index (χ3v) is 4.05. The molecule has 14 heavy (non-hydrogen) atoms. The van der Waals surface area contributed by atoms with Crippen LogP contribution in [0.4, 0.5) is 0 Å². The van der Waals surface area contributed by atoms with Crippen LogP contribution in [-0.4, -0.2) is 9.48 Å². The van der Waals surface area contributed by atoms with E-state index in [0.717, 1.165) is 24.1 Å². The summed E-state index contributed by atoms with van der Waals surface area (Å²) in [7, 11) is 0. The molecule has 1 atom stereocenters. The van der Waals surface area contributed by atoms with Crippen LogP contribution in [0.2, 0.25) is 0 Å². The second-order valence-electron chi connectivity index (χ2n) is 5.10. The predicted octanol–water partition coefficient (Wildman–Crippen LogP) is 2.93. The van der Waals surface area contributed by atoms with Gasteiger partial charge in [-0.05, 0) is 48.7 Å². The zero-order chi connectivity index (χ0) is 10.2. The van der Waals surface area contributed by atoms with Crippen molar-refractivity contribution in [2.24, 2.45) is 5.41 Å². The molecule has 1 N–H and O–H groups in total. The van der Waals surface area contributed by atoms with Crippen molar-refractivity contribution in [2.45, 2.75) is 45.1 Å². The molecule has 1 aromatic rings. The van der Waals surface area contributed by atoms with Gasteiger partial charge in [-0.3, -0.25) is 0 Å². The van der Waals surface area contributed by atoms with Crippen molar-refractivity contribution in [1.82, 2.24) is 4.37 Å². The standard InChI is InChI=1S/C11H17NOS/c1-10(2)5-3-6-11(13,8-10)9-4-7-12-14-9/h4,7,13H,3,5-6,8H2,1-2H3. The highest BCUT2D eigenvalue weighted by molar-refractivity contribution is 7.05. The lowest BCUT2D eigenvalue weighted by molar-refractivity contribution is -0.0411. The lowest BCUT2D eigenvalue weighted by Crippen LogP contribution is -2.35. The van der Waals surface area contributed by atoms with Gasteiger partial charge in [-0.25, -0.2) is 4.37 Å². The minimum absolute atomic E-state index is 0.261. The maximum atomic E-state index is 10.5. The van der Waals surface area contributed by atoms with Gasteiger partial charge in [0.05, 0.1) is 4.88 Å². The minimum Gasteiger partial charge on any atom is -0.384 e. The van der Waals surface area contributed by atoms with Gasteiger partial charge in [0.15, 0.2) is 0 Å². The van der Waals surface area contributed by atoms with Gasteiger partial charge >= 0.3 is 0 Å². The van der Waals surface area contributed by atoms with Gasteiger partial charge in [0.1, 0.15) is 5.60 Å². The van der Waals surface area contributed by atoms with E-state index in [9.17, 15) is 5.11 Å². The fourth-order valence-electron chi connectivity index (χ4n) is 2.49. The van der Waals surface area contributed by atoms with Crippen molar-refractivity contribution in [2.75, 3.05) is 0 Å². The van der Waals surface area contributed by atoms with Crippen LogP contribution in [0, 0.1) is 5.41 Å². The van der Waals surface area contributed by atoms with Crippen molar-refractivity contribution in [3.05, 3.63) is 17.1 Å². The molecule has 2 rings (SSSR count). The van der Waals surface area contributed by atoms with E-state index in [1.54, 1.807) is 6.20 Å². The van der Waals surface area contributed by atoms with E-state index in [0.29, 0.717) is 0 Å². The molecule has 1 aliphatic rings. The SMILES string of the molecule is CC1(C)CCCC(O)(c2ccns2)C1. The number of hydrogen-bond donors (Lipinski definition) is 1. The van der Waals surface area contributed by atoms with E-state index in [2.05, 4.69) is 18.2 Å². The summed E-state index contributed by atoms with van der Waals surface area (Å²) in [4.78, 5) is 1.03. The van der Waals surface area contributed by atoms with Gasteiger partial charge in [0.25, 0.3) is 0 Å². The molecule has 1 unspecified atom stereocenters. The first-order valence-corrected chi connectivity index (χ1v) is 5.93. The second-order valence-corrected chi connectivity index (χ2v) is 5.94. The van der Waals surface area contributed by atoms with Crippen molar-refractivity contribution in [3.8, 4) is 0 Å². The summed E-state index contributed by atoms with van der Waals surface area (Å²) in [5.41, 5.74) is -0.347. The highest BCUT2D eigenvalue weighted by Crippen LogP contribution is 2.46. The monoisotopic (exact) mass is 211 g/mol. The maximum Gasteiger partial charge on any atom is 0.101 e. The molecule has 3 heteroatoms. The van der Waals surface area contributed by atoms with Crippen LogP contribution in [-0.2, 0) is 5.60 Å². The van der Waals surface area contributed by atoms with E-state index >= 15 is 0 Å². The van der Waals surface area contributed by atoms with Crippen molar-refractivity contribution < 1.29 is 5.11 Å². The van der Waals surface area contributed by atoms with Crippen molar-refractivity contribution >= 4 is 11.5 Å². The van der Waals surface area contributed by atoms with Crippen molar-refractivity contribution in [1.29, 1.82) is 0 Å². The molecule has 0 bridgehead atoms. The van der Waals surface area contributed by atoms with Crippen LogP contribution >= 0.6 is 11.5 Å². The average molecular weight is 211 g/mol. The molecule has 1 aromatic heterocycles. The third kappa shape index (κ3) is 1.84. The molecule has 2 nitrogen and oxygen atoms in total. The van der Waals surface area contributed by atoms with Crippen molar-refractivity contribution in [3.63, 3.8) is 0 Å². The Hall–Kier alpha value is -0.410. The predicted molar refractivity (Wildman–Crippen MR) is 58.3 cm³/mol. The zero-order valence-corrected chi connectivity index (χ0v) is 9.60. The molecule has 0 radical (unpaired) electrons. The highest BCUT2D eigenvalue weighted by Gasteiger charge is 2.40. The van der Waals surface area contributed by atoms with Gasteiger partial charge in [-0.1, -0.05) is 13.8 Å². The Bertz CT molecular complexity index is 307. The Morgan fingerprint density at radius 1 is 1.43 bits per heavy atom. The lowest BCUT2D eigenvalue weighted by atomic mass is 9.69. The summed E-state index contributed by atoms with van der Waals surface area (Å²) >= 11 is 1.43. The normalized spacial score (nSPS) is 31.6. The molecular weight excluding hydrogens is 194 g/mol. The van der Waals surface area contributed by atoms with Crippen LogP contribution in [0.1, 0.15) is 44.4 Å². The topological polar surface area (TPSA) is 33.1 Å². The Balaban J connectivity index is 2.24. The minimum atomic E-state index is -0.608. The molecule has 1 heterocycles. The fraction of sp³-hybridized carbons (Fsp3) is 0.727. The number of aliphatic hydroxyl groups is 1. The molecule has 1 saturated carbocycles. The summed E-state index contributed by atoms with van der Waals surface area (Å²) in [6.07, 6.45) is 5.86. The van der Waals surface area contributed by atoms with E-state index in [-0.39, 0.29) is 5.41 Å². The molecule has 1 aliphatic carbocycles. The quantitative estimate of drug-likeness (QED) is 0.774. The van der Waals surface area contributed by atoms with Gasteiger partial charge in [-0.2, -0.15) is 0 Å². The van der Waals surface area contributed by atoms with E-state index in [4.69, 9.17) is 0 Å². The molecule has 78 valence electrons. The summed E-state index contributed by atoms with van der Waals surface area (Å²) in [5.74, 6) is 0. The molecule has 0 aromatic carbocycles. The van der Waals surface area contributed by atoms with Gasteiger partial charge < -0.3 is 5.11 Å². The maximum absolute atomic E-state index is 10.5. The average Bonchev–Trinajstić information content (AvgIpc) is 2.52. The van der Waals surface area contributed by atoms with Crippen LogP contribution in [0.15, 0.2) is 12.3 Å². The lowest BCUT2D eigenvalue weighted by Gasteiger charge is -2.40. The second kappa shape index (κ2) is 3.31. The summed E-state index contributed by atoms with van der Waals surface area (Å²) in [6, 6.07) is 1.95. The third-order valence-electron chi connectivity index (χ3n) is 3.11. The highest BCUT2D eigenvalue weighted by atomic mass is 32.1. The van der Waals surface area contributed by atoms with Crippen LogP contribution in [0.25, 0.3) is 0 Å². The largest absolute Gasteiger partial charge is 0.384 e. The molecular formula is C11H17NOS. The van der Waals surface area contributed by atoms with Crippen LogP contribution in [0.3, 0.4) is 0 Å². The first-order valence-electron chi connectivity index (χ1n) is 5.15. The molecule has 0 saturated heterocycles. The first kappa shape index (κ1) is 10.1. The molecule has 0 spiro atoms. The number of hydrogen-bond acceptors (Lipinski definition) is 3. The first-order chi connectivity index (χ1) is 6.52. The summed E-state index contributed by atoms with van der Waals surface area (Å²) in [6.45, 7) is 4.47. The van der Waals surface area contributed by atoms with Crippen LogP contribution in [0.5, 0.6) is 0 Å². The molecule has 1 fully saturated rings. The van der Waals surface area contributed by atoms with E-state index in [1.807, 2.05) is 6.07 Å². The Kier molecular flexibility index (Phi) is 2.40.